The van der Waals surface area contributed by atoms with Gasteiger partial charge >= 0.3 is 6.18 Å². The van der Waals surface area contributed by atoms with Gasteiger partial charge in [0.2, 0.25) is 5.91 Å². The number of ether oxygens (including phenoxy) is 1. The number of aryl methyl sites for hydroxylation is 3. The number of hydrogen-bond donors (Lipinski definition) is 1. The molecule has 5 nitrogen and oxygen atoms in total. The van der Waals surface area contributed by atoms with Crippen LogP contribution in [0.25, 0.3) is 0 Å². The van der Waals surface area contributed by atoms with Gasteiger partial charge in [0, 0.05) is 25.0 Å². The molecule has 8 heteroatoms. The van der Waals surface area contributed by atoms with E-state index in [1.807, 2.05) is 32.0 Å². The Labute approximate surface area is 185 Å². The molecule has 0 saturated carbocycles. The van der Waals surface area contributed by atoms with Gasteiger partial charge in [-0.3, -0.25) is 9.59 Å². The Morgan fingerprint density at radius 3 is 2.34 bits per heavy atom. The van der Waals surface area contributed by atoms with Crippen molar-refractivity contribution in [3.8, 4) is 0 Å². The molecule has 0 aromatic heterocycles. The number of carbonyl (C=O) groups is 2. The van der Waals surface area contributed by atoms with E-state index >= 15 is 0 Å². The summed E-state index contributed by atoms with van der Waals surface area (Å²) in [5.41, 5.74) is 0.774. The third kappa shape index (κ3) is 4.11. The highest BCUT2D eigenvalue weighted by Gasteiger charge is 2.57. The molecule has 2 aromatic rings. The number of amides is 2. The van der Waals surface area contributed by atoms with E-state index in [4.69, 9.17) is 4.74 Å². The maximum Gasteiger partial charge on any atom is 0.416 e. The third-order valence-corrected chi connectivity index (χ3v) is 6.12. The topological polar surface area (TPSA) is 58.6 Å². The highest BCUT2D eigenvalue weighted by molar-refractivity contribution is 6.09. The first-order valence-electron chi connectivity index (χ1n) is 10.4. The third-order valence-electron chi connectivity index (χ3n) is 6.12. The molecule has 1 fully saturated rings. The van der Waals surface area contributed by atoms with E-state index in [0.717, 1.165) is 28.9 Å². The SMILES string of the molecule is CC[C@@]1(C(=O)Nc2cc(C)cc(C(F)(F)F)c2)CN(c2c(C)cccc2C)C(=O)C1OC. The standard InChI is InChI=1S/C24H27F3N2O3/c1-6-23(22(31)28-18-11-14(2)10-17(12-18)24(25,26)27)13-29(21(30)20(23)32-5)19-15(3)8-7-9-16(19)4/h7-12,20H,6,13H2,1-5H3,(H,28,31)/t20?,23-/m1/s1. The Hall–Kier alpha value is -2.87. The lowest BCUT2D eigenvalue weighted by Gasteiger charge is -2.30. The monoisotopic (exact) mass is 448 g/mol. The van der Waals surface area contributed by atoms with Crippen LogP contribution in [0.15, 0.2) is 36.4 Å². The normalized spacial score (nSPS) is 21.2. The first-order valence-corrected chi connectivity index (χ1v) is 10.4. The van der Waals surface area contributed by atoms with Gasteiger partial charge < -0.3 is 15.0 Å². The van der Waals surface area contributed by atoms with E-state index in [1.54, 1.807) is 11.8 Å². The average Bonchev–Trinajstić information content (AvgIpc) is 2.99. The summed E-state index contributed by atoms with van der Waals surface area (Å²) in [6.07, 6.45) is -5.33. The molecule has 2 aromatic carbocycles. The van der Waals surface area contributed by atoms with Crippen molar-refractivity contribution in [3.05, 3.63) is 58.7 Å². The van der Waals surface area contributed by atoms with Gasteiger partial charge in [0.25, 0.3) is 5.91 Å². The lowest BCUT2D eigenvalue weighted by molar-refractivity contribution is -0.140. The van der Waals surface area contributed by atoms with E-state index in [9.17, 15) is 22.8 Å². The van der Waals surface area contributed by atoms with Gasteiger partial charge in [-0.1, -0.05) is 25.1 Å². The Morgan fingerprint density at radius 2 is 1.81 bits per heavy atom. The molecule has 0 radical (unpaired) electrons. The minimum absolute atomic E-state index is 0.0305. The fourth-order valence-corrected chi connectivity index (χ4v) is 4.49. The van der Waals surface area contributed by atoms with Crippen LogP contribution in [0.1, 0.15) is 35.6 Å². The number of carbonyl (C=O) groups excluding carboxylic acids is 2. The predicted octanol–water partition coefficient (Wildman–Crippen LogP) is 5.03. The highest BCUT2D eigenvalue weighted by atomic mass is 19.4. The molecule has 1 heterocycles. The number of anilines is 2. The molecular formula is C24H27F3N2O3. The molecule has 1 unspecified atom stereocenters. The zero-order chi connectivity index (χ0) is 23.8. The van der Waals surface area contributed by atoms with Gasteiger partial charge in [-0.25, -0.2) is 0 Å². The summed E-state index contributed by atoms with van der Waals surface area (Å²) in [4.78, 5) is 28.3. The smallest absolute Gasteiger partial charge is 0.370 e. The van der Waals surface area contributed by atoms with Crippen LogP contribution in [0.3, 0.4) is 0 Å². The van der Waals surface area contributed by atoms with Crippen molar-refractivity contribution in [3.63, 3.8) is 0 Å². The molecule has 172 valence electrons. The molecule has 2 atom stereocenters. The van der Waals surface area contributed by atoms with Crippen LogP contribution in [0, 0.1) is 26.2 Å². The van der Waals surface area contributed by atoms with Crippen molar-refractivity contribution >= 4 is 23.2 Å². The minimum Gasteiger partial charge on any atom is -0.370 e. The summed E-state index contributed by atoms with van der Waals surface area (Å²) < 4.78 is 45.2. The number of benzene rings is 2. The second-order valence-electron chi connectivity index (χ2n) is 8.33. The van der Waals surface area contributed by atoms with Crippen LogP contribution in [-0.2, 0) is 20.5 Å². The number of rotatable bonds is 5. The fourth-order valence-electron chi connectivity index (χ4n) is 4.49. The molecule has 2 amide bonds. The largest absolute Gasteiger partial charge is 0.416 e. The molecular weight excluding hydrogens is 421 g/mol. The predicted molar refractivity (Wildman–Crippen MR) is 117 cm³/mol. The van der Waals surface area contributed by atoms with Crippen molar-refractivity contribution in [2.45, 2.75) is 46.4 Å². The summed E-state index contributed by atoms with van der Waals surface area (Å²) >= 11 is 0. The van der Waals surface area contributed by atoms with E-state index in [2.05, 4.69) is 5.32 Å². The summed E-state index contributed by atoms with van der Waals surface area (Å²) in [5.74, 6) is -0.894. The van der Waals surface area contributed by atoms with Crippen molar-refractivity contribution in [1.82, 2.24) is 0 Å². The second kappa shape index (κ2) is 8.58. The van der Waals surface area contributed by atoms with Crippen LogP contribution < -0.4 is 10.2 Å². The highest BCUT2D eigenvalue weighted by Crippen LogP contribution is 2.42. The molecule has 1 N–H and O–H groups in total. The van der Waals surface area contributed by atoms with E-state index < -0.39 is 29.2 Å². The zero-order valence-corrected chi connectivity index (χ0v) is 18.8. The van der Waals surface area contributed by atoms with Gasteiger partial charge in [0.05, 0.1) is 5.56 Å². The maximum atomic E-state index is 13.5. The van der Waals surface area contributed by atoms with Crippen LogP contribution >= 0.6 is 0 Å². The van der Waals surface area contributed by atoms with Crippen molar-refractivity contribution in [2.75, 3.05) is 23.9 Å². The first-order chi connectivity index (χ1) is 14.9. The summed E-state index contributed by atoms with van der Waals surface area (Å²) in [6.45, 7) is 7.13. The van der Waals surface area contributed by atoms with E-state index in [0.29, 0.717) is 5.56 Å². The zero-order valence-electron chi connectivity index (χ0n) is 18.8. The fraction of sp³-hybridized carbons (Fsp3) is 0.417. The second-order valence-corrected chi connectivity index (χ2v) is 8.33. The number of nitrogens with one attached hydrogen (secondary N) is 1. The van der Waals surface area contributed by atoms with Crippen LogP contribution in [0.2, 0.25) is 0 Å². The quantitative estimate of drug-likeness (QED) is 0.698. The molecule has 3 rings (SSSR count). The summed E-state index contributed by atoms with van der Waals surface area (Å²) in [6, 6.07) is 9.04. The maximum absolute atomic E-state index is 13.5. The molecule has 0 spiro atoms. The lowest BCUT2D eigenvalue weighted by Crippen LogP contribution is -2.46. The van der Waals surface area contributed by atoms with E-state index in [1.165, 1.54) is 20.1 Å². The summed E-state index contributed by atoms with van der Waals surface area (Å²) in [7, 11) is 1.36. The summed E-state index contributed by atoms with van der Waals surface area (Å²) in [5, 5.41) is 2.62. The van der Waals surface area contributed by atoms with Crippen molar-refractivity contribution < 1.29 is 27.5 Å². The number of hydrogen-bond acceptors (Lipinski definition) is 3. The number of halogens is 3. The molecule has 0 aliphatic carbocycles. The Morgan fingerprint density at radius 1 is 1.19 bits per heavy atom. The van der Waals surface area contributed by atoms with Crippen LogP contribution in [-0.4, -0.2) is 31.6 Å². The Bertz CT molecular complexity index is 1030. The van der Waals surface area contributed by atoms with Gasteiger partial charge in [-0.2, -0.15) is 13.2 Å². The molecule has 0 bridgehead atoms. The lowest BCUT2D eigenvalue weighted by atomic mass is 9.80. The van der Waals surface area contributed by atoms with Crippen LogP contribution in [0.4, 0.5) is 24.5 Å². The molecule has 1 aliphatic rings. The average molecular weight is 448 g/mol. The van der Waals surface area contributed by atoms with Gasteiger partial charge in [0.15, 0.2) is 6.10 Å². The molecule has 32 heavy (non-hydrogen) atoms. The van der Waals surface area contributed by atoms with Crippen molar-refractivity contribution in [1.29, 1.82) is 0 Å². The first kappa shape index (κ1) is 23.8. The Balaban J connectivity index is 2.00. The van der Waals surface area contributed by atoms with Gasteiger partial charge in [-0.15, -0.1) is 0 Å². The number of nitrogens with zero attached hydrogens (tertiary/aromatic N) is 1. The number of alkyl halides is 3. The number of methoxy groups -OCH3 is 1. The van der Waals surface area contributed by atoms with Gasteiger partial charge in [0.1, 0.15) is 5.41 Å². The van der Waals surface area contributed by atoms with Gasteiger partial charge in [-0.05, 0) is 62.1 Å². The minimum atomic E-state index is -4.54. The van der Waals surface area contributed by atoms with E-state index in [-0.39, 0.29) is 24.6 Å². The number of para-hydroxylation sites is 1. The Kier molecular flexibility index (Phi) is 6.38. The van der Waals surface area contributed by atoms with Crippen molar-refractivity contribution in [2.24, 2.45) is 5.41 Å². The molecule has 1 saturated heterocycles. The van der Waals surface area contributed by atoms with Crippen LogP contribution in [0.5, 0.6) is 0 Å². The molecule has 1 aliphatic heterocycles.